The number of carbonyl (C=O) groups is 1. The number of piperazine rings is 3. The average Bonchev–Trinajstić information content (AvgIpc) is 2.79. The Hall–Kier alpha value is -0.780. The molecule has 15 heavy (non-hydrogen) atoms. The van der Waals surface area contributed by atoms with Crippen molar-refractivity contribution in [1.82, 2.24) is 14.8 Å². The molecular formula is C10H13N3OS. The van der Waals surface area contributed by atoms with Crippen molar-refractivity contribution in [3.05, 3.63) is 16.1 Å². The third-order valence-corrected chi connectivity index (χ3v) is 4.25. The summed E-state index contributed by atoms with van der Waals surface area (Å²) in [5, 5.41) is 1.10. The van der Waals surface area contributed by atoms with Crippen LogP contribution in [0.5, 0.6) is 0 Å². The standard InChI is InChI=1S/C10H13N3OS/c14-7-8-5-11-10(15-8)9-6-12-1-3-13(9)4-2-12/h5,7,9H,1-4,6H2. The highest BCUT2D eigenvalue weighted by molar-refractivity contribution is 7.13. The van der Waals surface area contributed by atoms with Crippen LogP contribution in [0.1, 0.15) is 20.7 Å². The van der Waals surface area contributed by atoms with Gasteiger partial charge in [-0.15, -0.1) is 11.3 Å². The summed E-state index contributed by atoms with van der Waals surface area (Å²) >= 11 is 1.53. The van der Waals surface area contributed by atoms with Crippen molar-refractivity contribution >= 4 is 17.6 Å². The van der Waals surface area contributed by atoms with Gasteiger partial charge in [-0.2, -0.15) is 0 Å². The van der Waals surface area contributed by atoms with Gasteiger partial charge in [0.1, 0.15) is 5.01 Å². The summed E-state index contributed by atoms with van der Waals surface area (Å²) in [6, 6.07) is 0.422. The van der Waals surface area contributed by atoms with E-state index in [2.05, 4.69) is 14.8 Å². The molecule has 2 bridgehead atoms. The van der Waals surface area contributed by atoms with Gasteiger partial charge < -0.3 is 0 Å². The third-order valence-electron chi connectivity index (χ3n) is 3.22. The predicted octanol–water partition coefficient (Wildman–Crippen LogP) is 0.628. The second-order valence-corrected chi connectivity index (χ2v) is 5.16. The van der Waals surface area contributed by atoms with E-state index in [1.165, 1.54) is 24.4 Å². The molecule has 3 saturated heterocycles. The van der Waals surface area contributed by atoms with Crippen LogP contribution in [0.25, 0.3) is 0 Å². The monoisotopic (exact) mass is 223 g/mol. The minimum absolute atomic E-state index is 0.422. The number of thiazole rings is 1. The van der Waals surface area contributed by atoms with E-state index < -0.39 is 0 Å². The van der Waals surface area contributed by atoms with E-state index in [9.17, 15) is 4.79 Å². The summed E-state index contributed by atoms with van der Waals surface area (Å²) in [5.41, 5.74) is 0. The minimum atomic E-state index is 0.422. The number of nitrogens with zero attached hydrogens (tertiary/aromatic N) is 3. The highest BCUT2D eigenvalue weighted by Crippen LogP contribution is 2.30. The fourth-order valence-electron chi connectivity index (χ4n) is 2.36. The molecule has 4 heterocycles. The smallest absolute Gasteiger partial charge is 0.161 e. The number of aromatic nitrogens is 1. The Labute approximate surface area is 92.5 Å². The van der Waals surface area contributed by atoms with Crippen LogP contribution in [0.2, 0.25) is 0 Å². The quantitative estimate of drug-likeness (QED) is 0.689. The first-order valence-electron chi connectivity index (χ1n) is 5.24. The molecule has 0 aromatic carbocycles. The van der Waals surface area contributed by atoms with E-state index in [1.807, 2.05) is 0 Å². The highest BCUT2D eigenvalue weighted by atomic mass is 32.1. The molecule has 0 N–H and O–H groups in total. The van der Waals surface area contributed by atoms with E-state index in [-0.39, 0.29) is 0 Å². The Morgan fingerprint density at radius 2 is 2.20 bits per heavy atom. The molecule has 3 aliphatic rings. The summed E-state index contributed by atoms with van der Waals surface area (Å²) in [6.45, 7) is 5.72. The summed E-state index contributed by atoms with van der Waals surface area (Å²) in [6.07, 6.45) is 2.57. The van der Waals surface area contributed by atoms with Crippen molar-refractivity contribution in [3.8, 4) is 0 Å². The molecule has 1 atom stereocenters. The maximum absolute atomic E-state index is 10.6. The Balaban J connectivity index is 1.84. The zero-order valence-corrected chi connectivity index (χ0v) is 9.24. The average molecular weight is 223 g/mol. The lowest BCUT2D eigenvalue weighted by atomic mass is 10.1. The number of carbonyl (C=O) groups excluding carboxylic acids is 1. The molecule has 3 aliphatic heterocycles. The van der Waals surface area contributed by atoms with Gasteiger partial charge in [-0.05, 0) is 0 Å². The van der Waals surface area contributed by atoms with Crippen molar-refractivity contribution < 1.29 is 4.79 Å². The normalized spacial score (nSPS) is 34.3. The van der Waals surface area contributed by atoms with Crippen LogP contribution in [0.15, 0.2) is 6.20 Å². The van der Waals surface area contributed by atoms with Gasteiger partial charge >= 0.3 is 0 Å². The molecule has 1 aromatic rings. The number of hydrogen-bond acceptors (Lipinski definition) is 5. The lowest BCUT2D eigenvalue weighted by Crippen LogP contribution is -2.56. The van der Waals surface area contributed by atoms with Crippen molar-refractivity contribution in [2.75, 3.05) is 32.7 Å². The number of hydrogen-bond donors (Lipinski definition) is 0. The molecule has 3 fully saturated rings. The Kier molecular flexibility index (Phi) is 2.31. The second kappa shape index (κ2) is 3.66. The zero-order valence-electron chi connectivity index (χ0n) is 8.43. The highest BCUT2D eigenvalue weighted by Gasteiger charge is 2.34. The van der Waals surface area contributed by atoms with Crippen molar-refractivity contribution in [1.29, 1.82) is 0 Å². The molecule has 0 spiro atoms. The fraction of sp³-hybridized carbons (Fsp3) is 0.600. The lowest BCUT2D eigenvalue weighted by molar-refractivity contribution is 0.0123. The van der Waals surface area contributed by atoms with Gasteiger partial charge in [-0.25, -0.2) is 4.98 Å². The molecule has 4 nitrogen and oxygen atoms in total. The first-order chi connectivity index (χ1) is 7.36. The van der Waals surface area contributed by atoms with Crippen LogP contribution in [0.4, 0.5) is 0 Å². The van der Waals surface area contributed by atoms with Crippen molar-refractivity contribution in [3.63, 3.8) is 0 Å². The van der Waals surface area contributed by atoms with Gasteiger partial charge in [0.2, 0.25) is 0 Å². The zero-order chi connectivity index (χ0) is 10.3. The molecule has 5 heteroatoms. The number of rotatable bonds is 2. The summed E-state index contributed by atoms with van der Waals surface area (Å²) in [4.78, 5) is 20.7. The molecule has 1 unspecified atom stereocenters. The van der Waals surface area contributed by atoms with Crippen molar-refractivity contribution in [2.24, 2.45) is 0 Å². The molecule has 0 amide bonds. The molecule has 80 valence electrons. The minimum Gasteiger partial charge on any atom is -0.299 e. The van der Waals surface area contributed by atoms with Gasteiger partial charge in [0.15, 0.2) is 6.29 Å². The first-order valence-corrected chi connectivity index (χ1v) is 6.06. The van der Waals surface area contributed by atoms with Crippen LogP contribution >= 0.6 is 11.3 Å². The van der Waals surface area contributed by atoms with Gasteiger partial charge in [0.05, 0.1) is 10.9 Å². The predicted molar refractivity (Wildman–Crippen MR) is 58.3 cm³/mol. The SMILES string of the molecule is O=Cc1cnc(C2CN3CCN2CC3)s1. The number of fused-ring (bicyclic) bond motifs is 3. The Morgan fingerprint density at radius 1 is 1.40 bits per heavy atom. The second-order valence-electron chi connectivity index (χ2n) is 4.07. The summed E-state index contributed by atoms with van der Waals surface area (Å²) in [7, 11) is 0. The van der Waals surface area contributed by atoms with E-state index in [4.69, 9.17) is 0 Å². The van der Waals surface area contributed by atoms with Crippen LogP contribution in [0, 0.1) is 0 Å². The molecule has 4 rings (SSSR count). The van der Waals surface area contributed by atoms with E-state index in [0.29, 0.717) is 6.04 Å². The molecule has 0 radical (unpaired) electrons. The van der Waals surface area contributed by atoms with Crippen LogP contribution in [-0.2, 0) is 0 Å². The van der Waals surface area contributed by atoms with Gasteiger partial charge in [0.25, 0.3) is 0 Å². The lowest BCUT2D eigenvalue weighted by Gasteiger charge is -2.46. The van der Waals surface area contributed by atoms with Gasteiger partial charge in [0, 0.05) is 38.9 Å². The van der Waals surface area contributed by atoms with Crippen molar-refractivity contribution in [2.45, 2.75) is 6.04 Å². The molecular weight excluding hydrogens is 210 g/mol. The first kappa shape index (κ1) is 9.45. The summed E-state index contributed by atoms with van der Waals surface area (Å²) < 4.78 is 0. The van der Waals surface area contributed by atoms with E-state index in [0.717, 1.165) is 35.8 Å². The maximum Gasteiger partial charge on any atom is 0.161 e. The van der Waals surface area contributed by atoms with Gasteiger partial charge in [-0.3, -0.25) is 14.6 Å². The van der Waals surface area contributed by atoms with Crippen LogP contribution in [-0.4, -0.2) is 53.8 Å². The van der Waals surface area contributed by atoms with E-state index in [1.54, 1.807) is 6.20 Å². The Morgan fingerprint density at radius 3 is 2.73 bits per heavy atom. The Bertz CT molecular complexity index is 370. The third kappa shape index (κ3) is 1.60. The number of aldehydes is 1. The topological polar surface area (TPSA) is 36.4 Å². The largest absolute Gasteiger partial charge is 0.299 e. The molecule has 0 saturated carbocycles. The summed E-state index contributed by atoms with van der Waals surface area (Å²) in [5.74, 6) is 0. The maximum atomic E-state index is 10.6. The van der Waals surface area contributed by atoms with E-state index >= 15 is 0 Å². The van der Waals surface area contributed by atoms with Crippen LogP contribution in [0.3, 0.4) is 0 Å². The van der Waals surface area contributed by atoms with Gasteiger partial charge in [-0.1, -0.05) is 0 Å². The molecule has 0 aliphatic carbocycles. The molecule has 1 aromatic heterocycles. The fourth-order valence-corrected chi connectivity index (χ4v) is 3.22. The van der Waals surface area contributed by atoms with Crippen LogP contribution < -0.4 is 0 Å².